The van der Waals surface area contributed by atoms with E-state index >= 15 is 0 Å². The zero-order valence-corrected chi connectivity index (χ0v) is 18.6. The predicted molar refractivity (Wildman–Crippen MR) is 112 cm³/mol. The smallest absolute Gasteiger partial charge is 0.224 e. The molecule has 0 radical (unpaired) electrons. The second-order valence-corrected chi connectivity index (χ2v) is 11.6. The summed E-state index contributed by atoms with van der Waals surface area (Å²) < 4.78 is 0. The first-order valence-electron chi connectivity index (χ1n) is 11.4. The van der Waals surface area contributed by atoms with Gasteiger partial charge in [-0.1, -0.05) is 20.8 Å². The van der Waals surface area contributed by atoms with Gasteiger partial charge in [0.2, 0.25) is 5.91 Å². The average Bonchev–Trinajstić information content (AvgIpc) is 2.94. The number of Topliss-reactive ketones (excluding diaryl/α,β-unsaturated/α-hetero) is 1. The maximum Gasteiger partial charge on any atom is 0.224 e. The molecule has 7 atom stereocenters. The van der Waals surface area contributed by atoms with Crippen LogP contribution in [0.5, 0.6) is 0 Å². The van der Waals surface area contributed by atoms with Gasteiger partial charge in [-0.25, -0.2) is 0 Å². The van der Waals surface area contributed by atoms with Crippen molar-refractivity contribution in [2.24, 2.45) is 45.4 Å². The van der Waals surface area contributed by atoms with E-state index < -0.39 is 0 Å². The molecule has 1 heterocycles. The number of amides is 1. The summed E-state index contributed by atoms with van der Waals surface area (Å²) in [6.45, 7) is 13.9. The fourth-order valence-electron chi connectivity index (χ4n) is 7.49. The molecule has 156 valence electrons. The zero-order chi connectivity index (χ0) is 20.5. The van der Waals surface area contributed by atoms with E-state index in [2.05, 4.69) is 46.9 Å². The Morgan fingerprint density at radius 3 is 2.50 bits per heavy atom. The van der Waals surface area contributed by atoms with Crippen LogP contribution in [0.3, 0.4) is 0 Å². The minimum atomic E-state index is -0.176. The Balaban J connectivity index is 1.61. The zero-order valence-electron chi connectivity index (χ0n) is 18.6. The molecule has 1 amide bonds. The maximum absolute atomic E-state index is 13.1. The molecular formula is C24H38N2O2. The largest absolute Gasteiger partial charge is 0.351 e. The summed E-state index contributed by atoms with van der Waals surface area (Å²) in [7, 11) is 0. The molecule has 0 aromatic rings. The summed E-state index contributed by atoms with van der Waals surface area (Å²) >= 11 is 0. The van der Waals surface area contributed by atoms with Gasteiger partial charge >= 0.3 is 0 Å². The molecule has 4 unspecified atom stereocenters. The molecule has 3 aliphatic carbocycles. The van der Waals surface area contributed by atoms with Gasteiger partial charge in [-0.2, -0.15) is 0 Å². The molecular weight excluding hydrogens is 348 g/mol. The Kier molecular flexibility index (Phi) is 4.60. The van der Waals surface area contributed by atoms with Gasteiger partial charge in [0, 0.05) is 35.5 Å². The highest BCUT2D eigenvalue weighted by Crippen LogP contribution is 2.64. The molecule has 0 spiro atoms. The van der Waals surface area contributed by atoms with Crippen LogP contribution in [0.2, 0.25) is 0 Å². The molecule has 1 N–H and O–H groups in total. The lowest BCUT2D eigenvalue weighted by atomic mass is 9.48. The molecule has 4 aliphatic rings. The molecule has 3 saturated carbocycles. The Morgan fingerprint density at radius 1 is 1.11 bits per heavy atom. The van der Waals surface area contributed by atoms with Gasteiger partial charge in [-0.3, -0.25) is 14.6 Å². The fraction of sp³-hybridized carbons (Fsp3) is 0.875. The van der Waals surface area contributed by atoms with Crippen molar-refractivity contribution in [2.75, 3.05) is 6.54 Å². The number of hydrogen-bond donors (Lipinski definition) is 1. The normalized spacial score (nSPS) is 45.6. The van der Waals surface area contributed by atoms with Gasteiger partial charge in [-0.05, 0) is 76.0 Å². The third-order valence-electron chi connectivity index (χ3n) is 8.91. The average molecular weight is 387 g/mol. The van der Waals surface area contributed by atoms with Crippen LogP contribution >= 0.6 is 0 Å². The number of nitrogens with one attached hydrogen (secondary N) is 1. The molecule has 0 aromatic heterocycles. The van der Waals surface area contributed by atoms with Gasteiger partial charge in [0.25, 0.3) is 0 Å². The maximum atomic E-state index is 13.1. The molecule has 0 aromatic carbocycles. The van der Waals surface area contributed by atoms with E-state index in [9.17, 15) is 9.59 Å². The van der Waals surface area contributed by atoms with Gasteiger partial charge in [0.05, 0.1) is 5.92 Å². The summed E-state index contributed by atoms with van der Waals surface area (Å²) in [6.07, 6.45) is 6.13. The molecule has 1 aliphatic heterocycles. The number of carbonyl (C=O) groups is 2. The number of rotatable bonds is 1. The van der Waals surface area contributed by atoms with Crippen LogP contribution in [0.1, 0.15) is 80.1 Å². The molecule has 4 nitrogen and oxygen atoms in total. The first-order valence-corrected chi connectivity index (χ1v) is 11.4. The topological polar surface area (TPSA) is 58.5 Å². The van der Waals surface area contributed by atoms with E-state index in [0.717, 1.165) is 32.2 Å². The van der Waals surface area contributed by atoms with Crippen LogP contribution in [-0.2, 0) is 9.59 Å². The van der Waals surface area contributed by atoms with Gasteiger partial charge < -0.3 is 5.32 Å². The van der Waals surface area contributed by atoms with Crippen LogP contribution in [0.25, 0.3) is 0 Å². The quantitative estimate of drug-likeness (QED) is 0.725. The summed E-state index contributed by atoms with van der Waals surface area (Å²) in [5, 5.41) is 3.25. The van der Waals surface area contributed by atoms with Crippen molar-refractivity contribution in [1.82, 2.24) is 5.32 Å². The van der Waals surface area contributed by atoms with Crippen LogP contribution in [0, 0.1) is 40.4 Å². The SMILES string of the molecule is CC1C(=O)CC[C@@]2(C)C1=NCC1C2CC[C@@]2(C)C1CC[C@@H]2C(=O)NC(C)(C)C. The van der Waals surface area contributed by atoms with Crippen molar-refractivity contribution in [3.05, 3.63) is 0 Å². The van der Waals surface area contributed by atoms with Crippen molar-refractivity contribution in [3.8, 4) is 0 Å². The van der Waals surface area contributed by atoms with Crippen molar-refractivity contribution in [2.45, 2.75) is 85.6 Å². The van der Waals surface area contributed by atoms with Gasteiger partial charge in [-0.15, -0.1) is 0 Å². The van der Waals surface area contributed by atoms with Crippen molar-refractivity contribution in [1.29, 1.82) is 0 Å². The summed E-state index contributed by atoms with van der Waals surface area (Å²) in [4.78, 5) is 30.4. The Morgan fingerprint density at radius 2 is 1.82 bits per heavy atom. The fourth-order valence-corrected chi connectivity index (χ4v) is 7.49. The molecule has 3 fully saturated rings. The Bertz CT molecular complexity index is 721. The van der Waals surface area contributed by atoms with Crippen molar-refractivity contribution < 1.29 is 9.59 Å². The third-order valence-corrected chi connectivity index (χ3v) is 8.91. The minimum absolute atomic E-state index is 0.00176. The third kappa shape index (κ3) is 2.89. The number of hydrogen-bond acceptors (Lipinski definition) is 3. The van der Waals surface area contributed by atoms with E-state index in [1.807, 2.05) is 0 Å². The van der Waals surface area contributed by atoms with Gasteiger partial charge in [0.1, 0.15) is 5.78 Å². The van der Waals surface area contributed by atoms with Crippen LogP contribution in [0.15, 0.2) is 4.99 Å². The molecule has 0 saturated heterocycles. The molecule has 0 bridgehead atoms. The second-order valence-electron chi connectivity index (χ2n) is 11.6. The lowest BCUT2D eigenvalue weighted by molar-refractivity contribution is -0.133. The predicted octanol–water partition coefficient (Wildman–Crippen LogP) is 4.42. The van der Waals surface area contributed by atoms with E-state index in [0.29, 0.717) is 30.0 Å². The van der Waals surface area contributed by atoms with E-state index in [1.165, 1.54) is 12.1 Å². The van der Waals surface area contributed by atoms with Gasteiger partial charge in [0.15, 0.2) is 0 Å². The van der Waals surface area contributed by atoms with Crippen LogP contribution < -0.4 is 5.32 Å². The van der Waals surface area contributed by atoms with Crippen LogP contribution in [0.4, 0.5) is 0 Å². The van der Waals surface area contributed by atoms with E-state index in [-0.39, 0.29) is 34.1 Å². The number of aliphatic imine (C=N–C) groups is 1. The van der Waals surface area contributed by atoms with Crippen molar-refractivity contribution >= 4 is 17.4 Å². The van der Waals surface area contributed by atoms with E-state index in [4.69, 9.17) is 4.99 Å². The second kappa shape index (κ2) is 6.40. The number of fused-ring (bicyclic) bond motifs is 5. The Hall–Kier alpha value is -1.19. The van der Waals surface area contributed by atoms with Crippen molar-refractivity contribution in [3.63, 3.8) is 0 Å². The molecule has 4 rings (SSSR count). The molecule has 4 heteroatoms. The number of nitrogens with zero attached hydrogens (tertiary/aromatic N) is 1. The van der Waals surface area contributed by atoms with Crippen LogP contribution in [-0.4, -0.2) is 29.5 Å². The monoisotopic (exact) mass is 386 g/mol. The first-order chi connectivity index (χ1) is 13.0. The minimum Gasteiger partial charge on any atom is -0.351 e. The number of ketones is 1. The highest BCUT2D eigenvalue weighted by molar-refractivity contribution is 6.09. The lowest BCUT2D eigenvalue weighted by Gasteiger charge is -2.57. The van der Waals surface area contributed by atoms with E-state index in [1.54, 1.807) is 0 Å². The summed E-state index contributed by atoms with van der Waals surface area (Å²) in [5.74, 6) is 2.52. The highest BCUT2D eigenvalue weighted by Gasteiger charge is 2.61. The molecule has 28 heavy (non-hydrogen) atoms. The first kappa shape index (κ1) is 20.1. The Labute approximate surface area is 170 Å². The highest BCUT2D eigenvalue weighted by atomic mass is 16.2. The standard InChI is InChI=1S/C24H38N2O2/c1-14-19(27)10-12-24(6)17-9-11-23(5)16(15(17)13-25-20(14)24)7-8-18(23)21(28)26-22(2,3)4/h14-18H,7-13H2,1-6H3,(H,26,28)/t14?,15?,16?,17?,18-,23+,24-/m1/s1. The lowest BCUT2D eigenvalue weighted by Crippen LogP contribution is -2.57. The summed E-state index contributed by atoms with van der Waals surface area (Å²) in [6, 6.07) is 0. The number of carbonyl (C=O) groups excluding carboxylic acids is 2. The summed E-state index contributed by atoms with van der Waals surface area (Å²) in [5.41, 5.74) is 1.19.